The zero-order valence-corrected chi connectivity index (χ0v) is 12.1. The van der Waals surface area contributed by atoms with Gasteiger partial charge in [0.15, 0.2) is 5.69 Å². The molecule has 2 aliphatic rings. The molecule has 2 amide bonds. The lowest BCUT2D eigenvalue weighted by Gasteiger charge is -2.40. The molecule has 2 aromatic rings. The number of rotatable bonds is 2. The van der Waals surface area contributed by atoms with Crippen LogP contribution in [0.15, 0.2) is 32.3 Å². The van der Waals surface area contributed by atoms with Gasteiger partial charge in [0.05, 0.1) is 12.1 Å². The number of carbonyl (C=O) groups is 2. The molecule has 2 bridgehead atoms. The third-order valence-electron chi connectivity index (χ3n) is 4.41. The number of carbonyl (C=O) groups excluding carboxylic acids is 2. The number of amides is 2. The van der Waals surface area contributed by atoms with Crippen molar-refractivity contribution in [3.05, 3.63) is 40.5 Å². The number of aromatic amines is 1. The predicted octanol–water partition coefficient (Wildman–Crippen LogP) is 0.0851. The average Bonchev–Trinajstić information content (AvgIpc) is 3.26. The Labute approximate surface area is 129 Å². The molecule has 23 heavy (non-hydrogen) atoms. The van der Waals surface area contributed by atoms with Crippen LogP contribution in [0.4, 0.5) is 0 Å². The van der Waals surface area contributed by atoms with Crippen LogP contribution in [0.2, 0.25) is 0 Å². The van der Waals surface area contributed by atoms with E-state index in [0.717, 1.165) is 19.1 Å². The number of hydrogen-bond donors (Lipinski definition) is 1. The second-order valence-corrected chi connectivity index (χ2v) is 5.75. The van der Waals surface area contributed by atoms with E-state index in [0.29, 0.717) is 13.1 Å². The summed E-state index contributed by atoms with van der Waals surface area (Å²) in [4.78, 5) is 41.8. The predicted molar refractivity (Wildman–Crippen MR) is 74.7 cm³/mol. The lowest BCUT2D eigenvalue weighted by molar-refractivity contribution is 0.0351. The number of fused-ring (bicyclic) bond motifs is 2. The average molecular weight is 318 g/mol. The van der Waals surface area contributed by atoms with Crippen LogP contribution in [-0.2, 0) is 0 Å². The highest BCUT2D eigenvalue weighted by Crippen LogP contribution is 2.31. The van der Waals surface area contributed by atoms with Crippen molar-refractivity contribution in [2.24, 2.45) is 0 Å². The van der Waals surface area contributed by atoms with Crippen LogP contribution in [-0.4, -0.2) is 56.9 Å². The summed E-state index contributed by atoms with van der Waals surface area (Å²) in [5.41, 5.74) is 0.409. The second kappa shape index (κ2) is 5.11. The van der Waals surface area contributed by atoms with Gasteiger partial charge in [0.1, 0.15) is 18.2 Å². The molecule has 2 aromatic heterocycles. The lowest BCUT2D eigenvalue weighted by atomic mass is 10.1. The van der Waals surface area contributed by atoms with Crippen molar-refractivity contribution in [2.75, 3.05) is 13.1 Å². The normalized spacial score (nSPS) is 23.3. The van der Waals surface area contributed by atoms with Crippen LogP contribution >= 0.6 is 0 Å². The Morgan fingerprint density at radius 1 is 1.22 bits per heavy atom. The fraction of sp³-hybridized carbons (Fsp3) is 0.429. The highest BCUT2D eigenvalue weighted by atomic mass is 16.5. The summed E-state index contributed by atoms with van der Waals surface area (Å²) in [6.45, 7) is 0.881. The van der Waals surface area contributed by atoms with Gasteiger partial charge >= 0.3 is 5.76 Å². The van der Waals surface area contributed by atoms with Crippen molar-refractivity contribution in [3.8, 4) is 0 Å². The zero-order valence-electron chi connectivity index (χ0n) is 12.1. The highest BCUT2D eigenvalue weighted by molar-refractivity contribution is 5.94. The van der Waals surface area contributed by atoms with Gasteiger partial charge in [0.25, 0.3) is 11.8 Å². The number of oxazole rings is 1. The highest BCUT2D eigenvalue weighted by Gasteiger charge is 2.44. The maximum absolute atomic E-state index is 12.5. The fourth-order valence-electron chi connectivity index (χ4n) is 3.41. The first-order chi connectivity index (χ1) is 11.1. The Balaban J connectivity index is 1.53. The first kappa shape index (κ1) is 13.8. The largest absolute Gasteiger partial charge is 0.416 e. The van der Waals surface area contributed by atoms with E-state index in [1.807, 2.05) is 0 Å². The van der Waals surface area contributed by atoms with Crippen LogP contribution in [0, 0.1) is 0 Å². The second-order valence-electron chi connectivity index (χ2n) is 5.75. The summed E-state index contributed by atoms with van der Waals surface area (Å²) in [6.07, 6.45) is 4.13. The van der Waals surface area contributed by atoms with Crippen molar-refractivity contribution >= 4 is 11.8 Å². The minimum atomic E-state index is -0.652. The molecule has 2 atom stereocenters. The van der Waals surface area contributed by atoms with Crippen molar-refractivity contribution < 1.29 is 18.5 Å². The Bertz CT molecular complexity index is 778. The molecule has 120 valence electrons. The third-order valence-corrected chi connectivity index (χ3v) is 4.41. The summed E-state index contributed by atoms with van der Waals surface area (Å²) in [7, 11) is 0. The Morgan fingerprint density at radius 3 is 2.52 bits per heavy atom. The molecule has 4 heterocycles. The van der Waals surface area contributed by atoms with Gasteiger partial charge < -0.3 is 18.7 Å². The lowest BCUT2D eigenvalue weighted by Crippen LogP contribution is -2.57. The van der Waals surface area contributed by atoms with Gasteiger partial charge in [-0.2, -0.15) is 0 Å². The Kier molecular flexibility index (Phi) is 3.07. The monoisotopic (exact) mass is 318 g/mol. The van der Waals surface area contributed by atoms with Crippen LogP contribution < -0.4 is 5.76 Å². The van der Waals surface area contributed by atoms with Gasteiger partial charge in [-0.3, -0.25) is 14.6 Å². The number of likely N-dealkylation sites (tertiary alicyclic amines) is 1. The van der Waals surface area contributed by atoms with E-state index < -0.39 is 5.76 Å². The molecule has 0 spiro atoms. The Morgan fingerprint density at radius 2 is 1.96 bits per heavy atom. The van der Waals surface area contributed by atoms with E-state index in [1.165, 1.54) is 12.3 Å². The molecular weight excluding hydrogens is 304 g/mol. The first-order valence-electron chi connectivity index (χ1n) is 7.33. The van der Waals surface area contributed by atoms with Crippen LogP contribution in [0.25, 0.3) is 0 Å². The topological polar surface area (TPSA) is 113 Å². The summed E-state index contributed by atoms with van der Waals surface area (Å²) >= 11 is 0. The molecule has 1 N–H and O–H groups in total. The van der Waals surface area contributed by atoms with Crippen LogP contribution in [0.5, 0.6) is 0 Å². The van der Waals surface area contributed by atoms with E-state index in [2.05, 4.69) is 14.6 Å². The van der Waals surface area contributed by atoms with Crippen molar-refractivity contribution in [1.82, 2.24) is 19.9 Å². The van der Waals surface area contributed by atoms with Gasteiger partial charge in [0.2, 0.25) is 0 Å². The van der Waals surface area contributed by atoms with Crippen LogP contribution in [0.3, 0.4) is 0 Å². The summed E-state index contributed by atoms with van der Waals surface area (Å²) in [6, 6.07) is 1.38. The molecule has 9 heteroatoms. The van der Waals surface area contributed by atoms with E-state index in [9.17, 15) is 14.4 Å². The molecular formula is C14H14N4O5. The molecule has 2 aliphatic heterocycles. The van der Waals surface area contributed by atoms with Gasteiger partial charge in [0, 0.05) is 19.2 Å². The summed E-state index contributed by atoms with van der Waals surface area (Å²) in [5, 5.41) is 3.67. The number of aromatic nitrogens is 2. The first-order valence-corrected chi connectivity index (χ1v) is 7.33. The van der Waals surface area contributed by atoms with Crippen molar-refractivity contribution in [2.45, 2.75) is 24.9 Å². The maximum Gasteiger partial charge on any atom is 0.416 e. The standard InChI is InChI=1S/C14H14N4O5/c19-12(10-3-4-23-16-10)17-5-8-1-2-9(6-17)18(8)13(20)11-7-22-14(21)15-11/h3-4,7-9H,1-2,5-6H2,(H,15,21). The molecule has 0 saturated carbocycles. The molecule has 9 nitrogen and oxygen atoms in total. The number of piperazine rings is 1. The number of H-pyrrole nitrogens is 1. The van der Waals surface area contributed by atoms with Gasteiger partial charge in [-0.25, -0.2) is 4.79 Å². The van der Waals surface area contributed by atoms with Crippen molar-refractivity contribution in [1.29, 1.82) is 0 Å². The summed E-state index contributed by atoms with van der Waals surface area (Å²) < 4.78 is 9.34. The quantitative estimate of drug-likeness (QED) is 0.839. The smallest absolute Gasteiger partial charge is 0.416 e. The van der Waals surface area contributed by atoms with Gasteiger partial charge in [-0.15, -0.1) is 0 Å². The van der Waals surface area contributed by atoms with E-state index in [4.69, 9.17) is 4.52 Å². The van der Waals surface area contributed by atoms with E-state index in [1.54, 1.807) is 9.80 Å². The van der Waals surface area contributed by atoms with Gasteiger partial charge in [-0.1, -0.05) is 5.16 Å². The fourth-order valence-corrected chi connectivity index (χ4v) is 3.41. The molecule has 0 radical (unpaired) electrons. The molecule has 2 saturated heterocycles. The molecule has 2 unspecified atom stereocenters. The molecule has 0 aromatic carbocycles. The minimum Gasteiger partial charge on any atom is -0.416 e. The maximum atomic E-state index is 12.5. The SMILES string of the molecule is O=C(c1ccon1)N1CC2CCC(C1)N2C(=O)c1coc(=O)[nH]1. The molecule has 0 aliphatic carbocycles. The number of nitrogens with zero attached hydrogens (tertiary/aromatic N) is 3. The zero-order chi connectivity index (χ0) is 16.0. The molecule has 2 fully saturated rings. The Hall–Kier alpha value is -2.84. The molecule has 4 rings (SSSR count). The van der Waals surface area contributed by atoms with E-state index >= 15 is 0 Å². The summed E-state index contributed by atoms with van der Waals surface area (Å²) in [5.74, 6) is -1.11. The van der Waals surface area contributed by atoms with Crippen molar-refractivity contribution in [3.63, 3.8) is 0 Å². The number of hydrogen-bond acceptors (Lipinski definition) is 6. The third kappa shape index (κ3) is 2.24. The van der Waals surface area contributed by atoms with Gasteiger partial charge in [-0.05, 0) is 12.8 Å². The van der Waals surface area contributed by atoms with Crippen LogP contribution in [0.1, 0.15) is 33.8 Å². The minimum absolute atomic E-state index is 0.0736. The van der Waals surface area contributed by atoms with E-state index in [-0.39, 0.29) is 35.3 Å². The number of nitrogens with one attached hydrogen (secondary N) is 1.